The van der Waals surface area contributed by atoms with Crippen LogP contribution >= 0.6 is 0 Å². The van der Waals surface area contributed by atoms with Gasteiger partial charge in [-0.2, -0.15) is 9.78 Å². The highest BCUT2D eigenvalue weighted by atomic mass is 16.5. The minimum Gasteiger partial charge on any atom is -0.493 e. The van der Waals surface area contributed by atoms with E-state index in [0.717, 1.165) is 16.5 Å². The molecule has 0 saturated carbocycles. The van der Waals surface area contributed by atoms with Crippen molar-refractivity contribution in [1.29, 1.82) is 0 Å². The van der Waals surface area contributed by atoms with Crippen molar-refractivity contribution in [2.24, 2.45) is 5.10 Å². The predicted octanol–water partition coefficient (Wildman–Crippen LogP) is 3.40. The van der Waals surface area contributed by atoms with Crippen LogP contribution in [0.3, 0.4) is 0 Å². The number of methoxy groups -OCH3 is 3. The normalized spacial score (nSPS) is 11.5. The third-order valence-electron chi connectivity index (χ3n) is 4.92. The van der Waals surface area contributed by atoms with E-state index in [-0.39, 0.29) is 5.56 Å². The van der Waals surface area contributed by atoms with Gasteiger partial charge in [-0.05, 0) is 38.1 Å². The molecule has 0 spiro atoms. The summed E-state index contributed by atoms with van der Waals surface area (Å²) >= 11 is 0. The van der Waals surface area contributed by atoms with Gasteiger partial charge in [-0.3, -0.25) is 4.79 Å². The van der Waals surface area contributed by atoms with Gasteiger partial charge >= 0.3 is 0 Å². The zero-order chi connectivity index (χ0) is 21.4. The summed E-state index contributed by atoms with van der Waals surface area (Å²) in [6.45, 7) is 3.76. The van der Waals surface area contributed by atoms with Gasteiger partial charge in [0, 0.05) is 16.5 Å². The van der Waals surface area contributed by atoms with Crippen LogP contribution in [0.2, 0.25) is 0 Å². The molecule has 0 aliphatic rings. The van der Waals surface area contributed by atoms with E-state index in [1.54, 1.807) is 46.6 Å². The lowest BCUT2D eigenvalue weighted by molar-refractivity contribution is 0.324. The smallest absolute Gasteiger partial charge is 0.298 e. The number of ether oxygens (including phenoxy) is 3. The lowest BCUT2D eigenvalue weighted by Crippen LogP contribution is -2.20. The lowest BCUT2D eigenvalue weighted by Gasteiger charge is -2.12. The number of fused-ring (bicyclic) bond motifs is 3. The van der Waals surface area contributed by atoms with Crippen molar-refractivity contribution in [1.82, 2.24) is 14.6 Å². The molecular weight excluding hydrogens is 384 g/mol. The van der Waals surface area contributed by atoms with Crippen molar-refractivity contribution in [2.75, 3.05) is 21.3 Å². The first-order valence-electron chi connectivity index (χ1n) is 9.33. The molecule has 8 nitrogen and oxygen atoms in total. The molecule has 2 aromatic heterocycles. The van der Waals surface area contributed by atoms with Crippen molar-refractivity contribution < 1.29 is 14.2 Å². The minimum absolute atomic E-state index is 0.268. The molecule has 30 heavy (non-hydrogen) atoms. The van der Waals surface area contributed by atoms with Crippen LogP contribution in [0.15, 0.2) is 40.2 Å². The Hall–Kier alpha value is -3.81. The lowest BCUT2D eigenvalue weighted by atomic mass is 10.1. The molecule has 0 fully saturated rings. The van der Waals surface area contributed by atoms with E-state index < -0.39 is 0 Å². The summed E-state index contributed by atoms with van der Waals surface area (Å²) in [4.78, 5) is 20.9. The Bertz CT molecular complexity index is 1330. The molecule has 154 valence electrons. The third kappa shape index (κ3) is 3.16. The quantitative estimate of drug-likeness (QED) is 0.513. The van der Waals surface area contributed by atoms with E-state index >= 15 is 0 Å². The summed E-state index contributed by atoms with van der Waals surface area (Å²) < 4.78 is 17.3. The summed E-state index contributed by atoms with van der Waals surface area (Å²) in [6, 6.07) is 9.46. The van der Waals surface area contributed by atoms with Crippen molar-refractivity contribution >= 4 is 28.2 Å². The highest BCUT2D eigenvalue weighted by Gasteiger charge is 2.15. The van der Waals surface area contributed by atoms with E-state index in [1.165, 1.54) is 4.68 Å². The largest absolute Gasteiger partial charge is 0.493 e. The fraction of sp³-hybridized carbons (Fsp3) is 0.227. The van der Waals surface area contributed by atoms with Gasteiger partial charge in [-0.25, -0.2) is 4.98 Å². The molecule has 2 heterocycles. The first-order valence-corrected chi connectivity index (χ1v) is 9.33. The predicted molar refractivity (Wildman–Crippen MR) is 116 cm³/mol. The number of nitrogens with one attached hydrogen (secondary N) is 1. The molecule has 0 amide bonds. The molecule has 1 N–H and O–H groups in total. The van der Waals surface area contributed by atoms with Crippen molar-refractivity contribution in [3.63, 3.8) is 0 Å². The van der Waals surface area contributed by atoms with Crippen LogP contribution < -0.4 is 19.8 Å². The Labute approximate surface area is 172 Å². The molecular formula is C22H22N4O4. The number of nitrogens with zero attached hydrogens (tertiary/aromatic N) is 3. The van der Waals surface area contributed by atoms with E-state index in [4.69, 9.17) is 14.2 Å². The maximum Gasteiger partial charge on any atom is 0.298 e. The monoisotopic (exact) mass is 406 g/mol. The van der Waals surface area contributed by atoms with Crippen molar-refractivity contribution in [3.05, 3.63) is 57.6 Å². The molecule has 4 rings (SSSR count). The number of rotatable bonds is 5. The zero-order valence-electron chi connectivity index (χ0n) is 17.4. The Morgan fingerprint density at radius 1 is 1.03 bits per heavy atom. The Morgan fingerprint density at radius 3 is 2.37 bits per heavy atom. The summed E-state index contributed by atoms with van der Waals surface area (Å²) in [6.07, 6.45) is 1.55. The number of aryl methyl sites for hydroxylation is 2. The van der Waals surface area contributed by atoms with E-state index in [0.29, 0.717) is 39.7 Å². The standard InChI is InChI=1S/C22H22N4O4/c1-12-6-7-16-15(8-12)19-20(25-16)22(27)26(13(2)24-19)23-11-14-9-17(28-3)21(30-5)18(10-14)29-4/h6-11,25H,1-5H3/b23-11-. The number of aromatic nitrogens is 3. The number of aromatic amines is 1. The SMILES string of the molecule is COc1cc(/C=N\n2c(C)nc3c([nH]c4ccc(C)cc43)c2=O)cc(OC)c1OC. The second-order valence-electron chi connectivity index (χ2n) is 6.88. The van der Waals surface area contributed by atoms with Gasteiger partial charge in [-0.1, -0.05) is 11.6 Å². The van der Waals surface area contributed by atoms with E-state index in [2.05, 4.69) is 15.1 Å². The zero-order valence-corrected chi connectivity index (χ0v) is 17.4. The summed E-state index contributed by atoms with van der Waals surface area (Å²) in [7, 11) is 4.63. The minimum atomic E-state index is -0.268. The number of hydrogen-bond acceptors (Lipinski definition) is 6. The second-order valence-corrected chi connectivity index (χ2v) is 6.88. The first kappa shape index (κ1) is 19.5. The molecule has 0 unspecified atom stereocenters. The Balaban J connectivity index is 1.84. The molecule has 0 atom stereocenters. The average Bonchev–Trinajstić information content (AvgIpc) is 3.10. The fourth-order valence-corrected chi connectivity index (χ4v) is 3.46. The van der Waals surface area contributed by atoms with E-state index in [1.807, 2.05) is 25.1 Å². The molecule has 0 aliphatic heterocycles. The highest BCUT2D eigenvalue weighted by Crippen LogP contribution is 2.37. The van der Waals surface area contributed by atoms with Crippen LogP contribution in [0.5, 0.6) is 17.2 Å². The molecule has 0 radical (unpaired) electrons. The van der Waals surface area contributed by atoms with Gasteiger partial charge in [-0.15, -0.1) is 0 Å². The van der Waals surface area contributed by atoms with Gasteiger partial charge in [0.2, 0.25) is 5.75 Å². The molecule has 0 bridgehead atoms. The van der Waals surface area contributed by atoms with Gasteiger partial charge in [0.15, 0.2) is 11.5 Å². The second kappa shape index (κ2) is 7.55. The molecule has 0 saturated heterocycles. The summed E-state index contributed by atoms with van der Waals surface area (Å²) in [5.74, 6) is 1.98. The van der Waals surface area contributed by atoms with E-state index in [9.17, 15) is 4.79 Å². The summed E-state index contributed by atoms with van der Waals surface area (Å²) in [5, 5.41) is 5.29. The Morgan fingerprint density at radius 2 is 1.73 bits per heavy atom. The van der Waals surface area contributed by atoms with Gasteiger partial charge in [0.25, 0.3) is 5.56 Å². The maximum atomic E-state index is 13.1. The average molecular weight is 406 g/mol. The number of benzene rings is 2. The van der Waals surface area contributed by atoms with Crippen molar-refractivity contribution in [2.45, 2.75) is 13.8 Å². The third-order valence-corrected chi connectivity index (χ3v) is 4.92. The maximum absolute atomic E-state index is 13.1. The van der Waals surface area contributed by atoms with Crippen LogP contribution in [0.4, 0.5) is 0 Å². The summed E-state index contributed by atoms with van der Waals surface area (Å²) in [5.41, 5.74) is 3.45. The highest BCUT2D eigenvalue weighted by molar-refractivity contribution is 6.04. The van der Waals surface area contributed by atoms with Gasteiger partial charge in [0.05, 0.1) is 27.5 Å². The van der Waals surface area contributed by atoms with Crippen LogP contribution in [-0.4, -0.2) is 42.2 Å². The van der Waals surface area contributed by atoms with Gasteiger partial charge in [0.1, 0.15) is 16.9 Å². The molecule has 0 aliphatic carbocycles. The van der Waals surface area contributed by atoms with Crippen molar-refractivity contribution in [3.8, 4) is 17.2 Å². The first-order chi connectivity index (χ1) is 14.5. The van der Waals surface area contributed by atoms with Crippen LogP contribution in [0.25, 0.3) is 21.9 Å². The number of H-pyrrole nitrogens is 1. The topological polar surface area (TPSA) is 90.7 Å². The van der Waals surface area contributed by atoms with Gasteiger partial charge < -0.3 is 19.2 Å². The fourth-order valence-electron chi connectivity index (χ4n) is 3.46. The van der Waals surface area contributed by atoms with Crippen LogP contribution in [-0.2, 0) is 0 Å². The van der Waals surface area contributed by atoms with Crippen LogP contribution in [0, 0.1) is 13.8 Å². The van der Waals surface area contributed by atoms with Crippen LogP contribution in [0.1, 0.15) is 17.0 Å². The Kier molecular flexibility index (Phi) is 4.91. The number of hydrogen-bond donors (Lipinski definition) is 1. The molecule has 8 heteroatoms. The molecule has 4 aromatic rings. The molecule has 2 aromatic carbocycles.